The van der Waals surface area contributed by atoms with Gasteiger partial charge in [0.25, 0.3) is 0 Å². The van der Waals surface area contributed by atoms with E-state index < -0.39 is 97.5 Å². The molecule has 0 saturated carbocycles. The van der Waals surface area contributed by atoms with Gasteiger partial charge in [-0.2, -0.15) is 0 Å². The predicted molar refractivity (Wildman–Crippen MR) is 409 cm³/mol. The number of phosphoric ester groups is 2. The van der Waals surface area contributed by atoms with Crippen LogP contribution in [-0.4, -0.2) is 96.7 Å². The van der Waals surface area contributed by atoms with E-state index in [0.29, 0.717) is 32.1 Å². The normalized spacial score (nSPS) is 14.3. The molecule has 0 fully saturated rings. The molecule has 0 rings (SSSR count). The van der Waals surface area contributed by atoms with E-state index in [1.165, 1.54) is 109 Å². The predicted octanol–water partition coefficient (Wildman–Crippen LogP) is 23.0. The van der Waals surface area contributed by atoms with Gasteiger partial charge in [0.15, 0.2) is 12.2 Å². The average Bonchev–Trinajstić information content (AvgIpc) is 1.13. The summed E-state index contributed by atoms with van der Waals surface area (Å²) in [6.45, 7) is 4.77. The minimum atomic E-state index is -4.99. The van der Waals surface area contributed by atoms with Crippen molar-refractivity contribution in [2.45, 2.75) is 367 Å². The van der Waals surface area contributed by atoms with E-state index in [0.717, 1.165) is 154 Å². The Hall–Kier alpha value is -3.76. The van der Waals surface area contributed by atoms with E-state index in [1.807, 2.05) is 12.2 Å². The van der Waals surface area contributed by atoms with Crippen LogP contribution >= 0.6 is 15.6 Å². The molecule has 0 amide bonds. The summed E-state index contributed by atoms with van der Waals surface area (Å²) >= 11 is 0. The second-order valence-electron chi connectivity index (χ2n) is 26.6. The Kier molecular flexibility index (Phi) is 70.8. The summed E-state index contributed by atoms with van der Waals surface area (Å²) in [5.74, 6) is -2.24. The summed E-state index contributed by atoms with van der Waals surface area (Å²) < 4.78 is 68.5. The Morgan fingerprint density at radius 3 is 0.830 bits per heavy atom. The number of aliphatic hydroxyl groups excluding tert-OH is 1. The number of carbonyl (C=O) groups excluding carboxylic acids is 4. The van der Waals surface area contributed by atoms with Crippen molar-refractivity contribution in [3.8, 4) is 0 Å². The average molecular weight is 1450 g/mol. The number of esters is 4. The van der Waals surface area contributed by atoms with Gasteiger partial charge >= 0.3 is 39.5 Å². The second kappa shape index (κ2) is 73.5. The summed E-state index contributed by atoms with van der Waals surface area (Å²) in [4.78, 5) is 72.9. The highest BCUT2D eigenvalue weighted by Crippen LogP contribution is 2.45. The number of allylic oxidation sites excluding steroid dienone is 14. The Labute approximate surface area is 608 Å². The molecule has 0 saturated heterocycles. The molecule has 3 N–H and O–H groups in total. The Morgan fingerprint density at radius 1 is 0.280 bits per heavy atom. The van der Waals surface area contributed by atoms with Crippen molar-refractivity contribution in [3.63, 3.8) is 0 Å². The minimum Gasteiger partial charge on any atom is -0.462 e. The first-order valence-electron chi connectivity index (χ1n) is 39.8. The maximum atomic E-state index is 13.1. The van der Waals surface area contributed by atoms with Crippen molar-refractivity contribution in [2.24, 2.45) is 0 Å². The van der Waals surface area contributed by atoms with Gasteiger partial charge in [0.1, 0.15) is 19.3 Å². The fraction of sp³-hybridized carbons (Fsp3) is 0.778. The van der Waals surface area contributed by atoms with Crippen molar-refractivity contribution < 1.29 is 80.2 Å². The number of hydrogen-bond acceptors (Lipinski definition) is 15. The molecule has 0 bridgehead atoms. The standard InChI is InChI=1S/C81H144O17P2/c1-5-9-13-17-21-25-29-33-36-37-40-44-48-52-56-60-64-68-81(86)98-76(71-91-78(83)65-61-57-53-49-45-41-32-28-24-20-16-12-8-4)73-95-99(87,88)93-69-75(82)70-94-100(89,90)96-74-77(97-80(85)67-63-59-55-51-47-43-39-35-31-27-23-19-15-11-7-3)72-92-79(84)66-62-58-54-50-46-42-38-34-30-26-22-18-14-10-6-2/h21,25,27-28,31-34,36,38,40,44,52,56,75-77,82H,5-20,22-24,26,29-30,35,37,39,41-43,45-51,53-55,57-74H2,1-4H3,(H,87,88)(H,89,90)/b25-21-,31-27-,32-28-,36-33-,38-34-,44-40-,56-52-/t75-,76+,77+/m0/s1. The van der Waals surface area contributed by atoms with Gasteiger partial charge in [0, 0.05) is 25.7 Å². The molecule has 2 unspecified atom stereocenters. The first-order chi connectivity index (χ1) is 48.7. The lowest BCUT2D eigenvalue weighted by atomic mass is 10.1. The number of ether oxygens (including phenoxy) is 4. The van der Waals surface area contributed by atoms with Gasteiger partial charge in [0.05, 0.1) is 26.4 Å². The van der Waals surface area contributed by atoms with Gasteiger partial charge in [-0.1, -0.05) is 267 Å². The zero-order valence-corrected chi connectivity index (χ0v) is 65.2. The maximum Gasteiger partial charge on any atom is 0.472 e. The molecular weight excluding hydrogens is 1310 g/mol. The number of carbonyl (C=O) groups is 4. The molecule has 100 heavy (non-hydrogen) atoms. The zero-order valence-electron chi connectivity index (χ0n) is 63.4. The van der Waals surface area contributed by atoms with E-state index in [-0.39, 0.29) is 25.7 Å². The smallest absolute Gasteiger partial charge is 0.462 e. The summed E-state index contributed by atoms with van der Waals surface area (Å²) in [7, 11) is -9.97. The molecular formula is C81H144O17P2. The quantitative estimate of drug-likeness (QED) is 0.0169. The lowest BCUT2D eigenvalue weighted by molar-refractivity contribution is -0.161. The van der Waals surface area contributed by atoms with Gasteiger partial charge in [-0.15, -0.1) is 0 Å². The van der Waals surface area contributed by atoms with Crippen LogP contribution < -0.4 is 0 Å². The Bertz CT molecular complexity index is 2230. The van der Waals surface area contributed by atoms with Crippen LogP contribution in [0.1, 0.15) is 349 Å². The molecule has 0 aliphatic carbocycles. The molecule has 0 radical (unpaired) electrons. The maximum absolute atomic E-state index is 13.1. The Morgan fingerprint density at radius 2 is 0.500 bits per heavy atom. The van der Waals surface area contributed by atoms with E-state index in [4.69, 9.17) is 37.0 Å². The van der Waals surface area contributed by atoms with Gasteiger partial charge in [-0.05, 0) is 141 Å². The number of hydrogen-bond donors (Lipinski definition) is 3. The molecule has 0 aliphatic rings. The van der Waals surface area contributed by atoms with E-state index in [2.05, 4.69) is 101 Å². The zero-order chi connectivity index (χ0) is 73.2. The third kappa shape index (κ3) is 72.6. The topological polar surface area (TPSA) is 237 Å². The van der Waals surface area contributed by atoms with Crippen LogP contribution in [0.25, 0.3) is 0 Å². The molecule has 0 heterocycles. The monoisotopic (exact) mass is 1450 g/mol. The van der Waals surface area contributed by atoms with Crippen LogP contribution in [0, 0.1) is 0 Å². The molecule has 5 atom stereocenters. The molecule has 580 valence electrons. The van der Waals surface area contributed by atoms with Crippen LogP contribution in [0.2, 0.25) is 0 Å². The molecule has 19 heteroatoms. The summed E-state index contributed by atoms with van der Waals surface area (Å²) in [6, 6.07) is 0. The molecule has 0 aromatic rings. The summed E-state index contributed by atoms with van der Waals surface area (Å²) in [5.41, 5.74) is 0. The van der Waals surface area contributed by atoms with Crippen molar-refractivity contribution in [1.29, 1.82) is 0 Å². The van der Waals surface area contributed by atoms with Crippen molar-refractivity contribution in [3.05, 3.63) is 85.1 Å². The van der Waals surface area contributed by atoms with Crippen LogP contribution in [0.5, 0.6) is 0 Å². The lowest BCUT2D eigenvalue weighted by Crippen LogP contribution is -2.30. The number of phosphoric acid groups is 2. The Balaban J connectivity index is 5.40. The first kappa shape index (κ1) is 96.2. The van der Waals surface area contributed by atoms with Gasteiger partial charge in [-0.25, -0.2) is 9.13 Å². The first-order valence-corrected chi connectivity index (χ1v) is 42.8. The minimum absolute atomic E-state index is 0.0189. The molecule has 0 spiro atoms. The largest absolute Gasteiger partial charge is 0.472 e. The van der Waals surface area contributed by atoms with Gasteiger partial charge in [0.2, 0.25) is 0 Å². The summed E-state index contributed by atoms with van der Waals surface area (Å²) in [6.07, 6.45) is 75.7. The van der Waals surface area contributed by atoms with E-state index in [1.54, 1.807) is 0 Å². The van der Waals surface area contributed by atoms with E-state index in [9.17, 15) is 43.2 Å². The van der Waals surface area contributed by atoms with Crippen molar-refractivity contribution in [1.82, 2.24) is 0 Å². The summed E-state index contributed by atoms with van der Waals surface area (Å²) in [5, 5.41) is 10.6. The highest BCUT2D eigenvalue weighted by Gasteiger charge is 2.30. The highest BCUT2D eigenvalue weighted by molar-refractivity contribution is 7.47. The molecule has 17 nitrogen and oxygen atoms in total. The van der Waals surface area contributed by atoms with Crippen molar-refractivity contribution in [2.75, 3.05) is 39.6 Å². The number of rotatable bonds is 75. The third-order valence-electron chi connectivity index (χ3n) is 16.8. The number of unbranched alkanes of at least 4 members (excludes halogenated alkanes) is 35. The van der Waals surface area contributed by atoms with Gasteiger partial charge in [-0.3, -0.25) is 37.3 Å². The third-order valence-corrected chi connectivity index (χ3v) is 18.7. The second-order valence-corrected chi connectivity index (χ2v) is 29.5. The fourth-order valence-corrected chi connectivity index (χ4v) is 12.2. The van der Waals surface area contributed by atoms with Gasteiger partial charge < -0.3 is 33.8 Å². The fourth-order valence-electron chi connectivity index (χ4n) is 10.7. The van der Waals surface area contributed by atoms with E-state index >= 15 is 0 Å². The highest BCUT2D eigenvalue weighted by atomic mass is 31.2. The van der Waals surface area contributed by atoms with Crippen molar-refractivity contribution >= 4 is 39.5 Å². The SMILES string of the molecule is CCCCC/C=C\C/C=C\C/C=C\C/C=C\CCCC(=O)O[C@H](COC(=O)CCCCCCC/C=C\CCCCCC)COP(=O)(O)OC[C@H](O)COP(=O)(O)OC[C@@H](COC(=O)CCCCCCC/C=C\CCCCCCCC)OC(=O)CCCCCCCCC/C=C\CCCCCC. The van der Waals surface area contributed by atoms with Crippen LogP contribution in [0.3, 0.4) is 0 Å². The van der Waals surface area contributed by atoms with Crippen LogP contribution in [0.4, 0.5) is 0 Å². The van der Waals surface area contributed by atoms with Crippen LogP contribution in [-0.2, 0) is 65.4 Å². The van der Waals surface area contributed by atoms with Crippen LogP contribution in [0.15, 0.2) is 85.1 Å². The lowest BCUT2D eigenvalue weighted by Gasteiger charge is -2.21. The number of aliphatic hydroxyl groups is 1. The molecule has 0 aromatic carbocycles. The molecule has 0 aliphatic heterocycles. The molecule has 0 aromatic heterocycles.